The van der Waals surface area contributed by atoms with Crippen LogP contribution in [0.15, 0.2) is 37.1 Å². The van der Waals surface area contributed by atoms with Crippen molar-refractivity contribution in [1.82, 2.24) is 34.5 Å². The Morgan fingerprint density at radius 2 is 1.90 bits per heavy atom. The molecular formula is C22H25N7. The maximum Gasteiger partial charge on any atom is 0.155 e. The van der Waals surface area contributed by atoms with Crippen molar-refractivity contribution in [2.45, 2.75) is 68.2 Å². The van der Waals surface area contributed by atoms with Gasteiger partial charge < -0.3 is 0 Å². The third-order valence-corrected chi connectivity index (χ3v) is 7.84. The Morgan fingerprint density at radius 1 is 1.03 bits per heavy atom. The maximum absolute atomic E-state index is 5.22. The summed E-state index contributed by atoms with van der Waals surface area (Å²) in [5.74, 6) is 5.08. The number of aromatic nitrogens is 7. The standard InChI is InChI=1S/C22H25N7/c1-2-6-24-18(3-1)29-20(26-19(27-29)17-4-5-17)21-8-15-7-16(9-21)11-22(10-15,12-21)28-14-23-13-25-28/h1-3,6,13-17H,4-5,7-12H2/t15-,16-,21?,22?/m1/s1. The monoisotopic (exact) mass is 387 g/mol. The van der Waals surface area contributed by atoms with Gasteiger partial charge in [0.15, 0.2) is 11.6 Å². The molecule has 5 aliphatic carbocycles. The van der Waals surface area contributed by atoms with Crippen molar-refractivity contribution in [3.8, 4) is 5.82 Å². The van der Waals surface area contributed by atoms with Crippen LogP contribution in [0.25, 0.3) is 5.82 Å². The molecule has 5 fully saturated rings. The van der Waals surface area contributed by atoms with Crippen LogP contribution in [-0.4, -0.2) is 34.5 Å². The highest BCUT2D eigenvalue weighted by molar-refractivity contribution is 5.30. The SMILES string of the molecule is c1ccc(-n2nc(C3CC3)nc2C23C[C@H]4C[C@H](C2)CC(n2cncn2)(C4)C3)nc1. The van der Waals surface area contributed by atoms with Crippen LogP contribution < -0.4 is 0 Å². The second kappa shape index (κ2) is 5.52. The van der Waals surface area contributed by atoms with Crippen molar-refractivity contribution < 1.29 is 0 Å². The summed E-state index contributed by atoms with van der Waals surface area (Å²) in [6.07, 6.45) is 15.2. The number of pyridine rings is 1. The van der Waals surface area contributed by atoms with Gasteiger partial charge in [0, 0.05) is 17.5 Å². The summed E-state index contributed by atoms with van der Waals surface area (Å²) in [6.45, 7) is 0. The van der Waals surface area contributed by atoms with Crippen LogP contribution in [0.5, 0.6) is 0 Å². The first-order valence-electron chi connectivity index (χ1n) is 11.0. The molecule has 0 unspecified atom stereocenters. The van der Waals surface area contributed by atoms with E-state index in [-0.39, 0.29) is 11.0 Å². The van der Waals surface area contributed by atoms with Gasteiger partial charge in [-0.2, -0.15) is 9.78 Å². The van der Waals surface area contributed by atoms with E-state index >= 15 is 0 Å². The molecule has 7 nitrogen and oxygen atoms in total. The average Bonchev–Trinajstić information content (AvgIpc) is 3.24. The zero-order valence-corrected chi connectivity index (χ0v) is 16.5. The van der Waals surface area contributed by atoms with Crippen LogP contribution >= 0.6 is 0 Å². The van der Waals surface area contributed by atoms with Gasteiger partial charge in [0.1, 0.15) is 18.5 Å². The molecule has 0 spiro atoms. The Bertz CT molecular complexity index is 1040. The van der Waals surface area contributed by atoms with Gasteiger partial charge in [-0.15, -0.1) is 5.10 Å². The Kier molecular flexibility index (Phi) is 3.09. The lowest BCUT2D eigenvalue weighted by molar-refractivity contribution is -0.0723. The van der Waals surface area contributed by atoms with Crippen molar-refractivity contribution >= 4 is 0 Å². The molecule has 4 bridgehead atoms. The molecule has 0 aliphatic heterocycles. The van der Waals surface area contributed by atoms with Crippen LogP contribution in [-0.2, 0) is 11.0 Å². The third-order valence-electron chi connectivity index (χ3n) is 7.84. The number of nitrogens with zero attached hydrogens (tertiary/aromatic N) is 7. The Hall–Kier alpha value is -2.57. The highest BCUT2D eigenvalue weighted by Crippen LogP contribution is 2.64. The molecule has 3 heterocycles. The van der Waals surface area contributed by atoms with Crippen LogP contribution in [0.1, 0.15) is 68.9 Å². The molecule has 29 heavy (non-hydrogen) atoms. The Labute approximate surface area is 169 Å². The van der Waals surface area contributed by atoms with Crippen molar-refractivity contribution in [2.75, 3.05) is 0 Å². The predicted molar refractivity (Wildman–Crippen MR) is 105 cm³/mol. The molecular weight excluding hydrogens is 362 g/mol. The first-order chi connectivity index (χ1) is 14.2. The number of rotatable bonds is 4. The van der Waals surface area contributed by atoms with E-state index in [4.69, 9.17) is 10.1 Å². The molecule has 7 heteroatoms. The fourth-order valence-electron chi connectivity index (χ4n) is 7.02. The molecule has 2 atom stereocenters. The van der Waals surface area contributed by atoms with Gasteiger partial charge in [-0.1, -0.05) is 6.07 Å². The van der Waals surface area contributed by atoms with Gasteiger partial charge in [-0.3, -0.25) is 0 Å². The second-order valence-corrected chi connectivity index (χ2v) is 9.97. The smallest absolute Gasteiger partial charge is 0.155 e. The molecule has 3 aromatic rings. The normalized spacial score (nSPS) is 35.3. The van der Waals surface area contributed by atoms with Gasteiger partial charge >= 0.3 is 0 Å². The summed E-state index contributed by atoms with van der Waals surface area (Å²) in [4.78, 5) is 14.1. The second-order valence-electron chi connectivity index (χ2n) is 9.97. The lowest BCUT2D eigenvalue weighted by atomic mass is 9.46. The first-order valence-corrected chi connectivity index (χ1v) is 11.0. The van der Waals surface area contributed by atoms with Gasteiger partial charge in [0.2, 0.25) is 0 Å². The van der Waals surface area contributed by atoms with E-state index in [0.29, 0.717) is 5.92 Å². The number of hydrogen-bond donors (Lipinski definition) is 0. The third kappa shape index (κ3) is 2.33. The lowest BCUT2D eigenvalue weighted by Crippen LogP contribution is -2.59. The topological polar surface area (TPSA) is 74.3 Å². The van der Waals surface area contributed by atoms with E-state index in [9.17, 15) is 0 Å². The van der Waals surface area contributed by atoms with Gasteiger partial charge in [-0.25, -0.2) is 19.6 Å². The summed E-state index contributed by atoms with van der Waals surface area (Å²) in [7, 11) is 0. The first kappa shape index (κ1) is 16.3. The largest absolute Gasteiger partial charge is 0.247 e. The molecule has 3 aromatic heterocycles. The molecule has 0 amide bonds. The van der Waals surface area contributed by atoms with E-state index in [2.05, 4.69) is 30.5 Å². The minimum Gasteiger partial charge on any atom is -0.247 e. The minimum absolute atomic E-state index is 0.0632. The van der Waals surface area contributed by atoms with E-state index in [1.54, 1.807) is 6.33 Å². The molecule has 0 N–H and O–H groups in total. The maximum atomic E-state index is 5.22. The lowest BCUT2D eigenvalue weighted by Gasteiger charge is -2.61. The highest BCUT2D eigenvalue weighted by atomic mass is 15.4. The van der Waals surface area contributed by atoms with Gasteiger partial charge in [0.25, 0.3) is 0 Å². The van der Waals surface area contributed by atoms with Gasteiger partial charge in [0.05, 0.1) is 5.54 Å². The predicted octanol–water partition coefficient (Wildman–Crippen LogP) is 3.38. The summed E-state index contributed by atoms with van der Waals surface area (Å²) in [6, 6.07) is 6.07. The fraction of sp³-hybridized carbons (Fsp3) is 0.591. The zero-order chi connectivity index (χ0) is 19.1. The van der Waals surface area contributed by atoms with Crippen LogP contribution in [0.2, 0.25) is 0 Å². The average molecular weight is 387 g/mol. The van der Waals surface area contributed by atoms with Crippen LogP contribution in [0, 0.1) is 11.8 Å². The summed E-state index contributed by atoms with van der Waals surface area (Å²) in [5.41, 5.74) is 0.148. The van der Waals surface area contributed by atoms with Crippen molar-refractivity contribution in [3.05, 3.63) is 48.7 Å². The van der Waals surface area contributed by atoms with Crippen molar-refractivity contribution in [3.63, 3.8) is 0 Å². The Morgan fingerprint density at radius 3 is 2.59 bits per heavy atom. The molecule has 0 aromatic carbocycles. The van der Waals surface area contributed by atoms with E-state index in [1.165, 1.54) is 44.9 Å². The van der Waals surface area contributed by atoms with Gasteiger partial charge in [-0.05, 0) is 75.3 Å². The molecule has 0 saturated heterocycles. The molecule has 0 radical (unpaired) electrons. The van der Waals surface area contributed by atoms with E-state index in [0.717, 1.165) is 35.7 Å². The molecule has 8 rings (SSSR count). The zero-order valence-electron chi connectivity index (χ0n) is 16.5. The molecule has 5 aliphatic rings. The fourth-order valence-corrected chi connectivity index (χ4v) is 7.02. The molecule has 148 valence electrons. The highest BCUT2D eigenvalue weighted by Gasteiger charge is 2.61. The Balaban J connectivity index is 1.39. The summed E-state index contributed by atoms with van der Waals surface area (Å²) >= 11 is 0. The van der Waals surface area contributed by atoms with Crippen LogP contribution in [0.4, 0.5) is 0 Å². The van der Waals surface area contributed by atoms with E-state index in [1.807, 2.05) is 24.7 Å². The van der Waals surface area contributed by atoms with E-state index < -0.39 is 0 Å². The van der Waals surface area contributed by atoms with Crippen molar-refractivity contribution in [1.29, 1.82) is 0 Å². The quantitative estimate of drug-likeness (QED) is 0.686. The van der Waals surface area contributed by atoms with Crippen LogP contribution in [0.3, 0.4) is 0 Å². The number of hydrogen-bond acceptors (Lipinski definition) is 5. The molecule has 5 saturated carbocycles. The minimum atomic E-state index is 0.0632. The summed E-state index contributed by atoms with van der Waals surface area (Å²) < 4.78 is 4.25. The van der Waals surface area contributed by atoms with Crippen molar-refractivity contribution in [2.24, 2.45) is 11.8 Å². The summed E-state index contributed by atoms with van der Waals surface area (Å²) in [5, 5.41) is 9.60.